The number of carboxylic acids is 1. The summed E-state index contributed by atoms with van der Waals surface area (Å²) in [5.41, 5.74) is 1.47. The molecule has 4 heterocycles. The molecule has 6 N–H and O–H groups in total. The Labute approximate surface area is 875 Å². The molecule has 0 spiro atoms. The van der Waals surface area contributed by atoms with Crippen molar-refractivity contribution >= 4 is 83.4 Å². The summed E-state index contributed by atoms with van der Waals surface area (Å²) in [6.45, 7) is 53.6. The maximum absolute atomic E-state index is 14.8. The first kappa shape index (κ1) is 127. The second-order valence-electron chi connectivity index (χ2n) is 43.6. The topological polar surface area (TPSA) is 383 Å². The van der Waals surface area contributed by atoms with Crippen LogP contribution in [0.4, 0.5) is 17.6 Å². The molecule has 0 radical (unpaired) electrons. The molecule has 8 aliphatic rings. The zero-order valence-electron chi connectivity index (χ0n) is 90.1. The molecule has 4 aliphatic carbocycles. The summed E-state index contributed by atoms with van der Waals surface area (Å²) in [4.78, 5) is 112. The van der Waals surface area contributed by atoms with E-state index < -0.39 is 78.3 Å². The summed E-state index contributed by atoms with van der Waals surface area (Å²) < 4.78 is 136. The SMILES string of the molecule is CC(C)(C)OC(=O)c1cc(C2CC2)c(OCC2CCNCC2)cc1F.CC(C)N(C(=O)CBr)C(C)C.CC(C)N(C(=O)CN1CCC(COc2cc(F)c(C(=O)NS(C)(=O)=O)cc2C2CC2)CC1)C(C)C.CC(C)N(C(=O)CN1CCC(COc2cc(F)c(C(=O)O)cc2C2CC2)CC1)C(C)C.CC(C)N(C(=O)CN1CCC(COc2cc(F)c(C(=O)OC(C)(C)C)cc2C2CC2)CC1)C(C)C.CS(N)(=O)=O.[Li+].[OH-]. The predicted molar refractivity (Wildman–Crippen MR) is 551 cm³/mol. The smallest absolute Gasteiger partial charge is 0.870 e. The van der Waals surface area contributed by atoms with E-state index in [1.54, 1.807) is 53.7 Å². The Hall–Kier alpha value is -7.70. The molecule has 144 heavy (non-hydrogen) atoms. The van der Waals surface area contributed by atoms with Crippen molar-refractivity contribution in [3.05, 3.63) is 116 Å². The molecule has 0 unspecified atom stereocenters. The third-order valence-electron chi connectivity index (χ3n) is 25.7. The fourth-order valence-electron chi connectivity index (χ4n) is 18.6. The maximum Gasteiger partial charge on any atom is 1.00 e. The Kier molecular flexibility index (Phi) is 51.0. The van der Waals surface area contributed by atoms with Gasteiger partial charge in [-0.2, -0.15) is 0 Å². The van der Waals surface area contributed by atoms with Gasteiger partial charge in [0.15, 0.2) is 0 Å². The van der Waals surface area contributed by atoms with E-state index in [9.17, 15) is 77.9 Å². The van der Waals surface area contributed by atoms with E-state index in [1.165, 1.54) is 36.4 Å². The first-order valence-corrected chi connectivity index (χ1v) is 55.9. The number of carbonyl (C=O) groups excluding carboxylic acids is 7. The van der Waals surface area contributed by atoms with Crippen LogP contribution in [-0.4, -0.2) is 285 Å². The summed E-state index contributed by atoms with van der Waals surface area (Å²) in [6, 6.07) is 12.9. The number of ether oxygens (including phenoxy) is 6. The van der Waals surface area contributed by atoms with Crippen LogP contribution >= 0.6 is 15.9 Å². The van der Waals surface area contributed by atoms with Crippen LogP contribution in [0.3, 0.4) is 0 Å². The van der Waals surface area contributed by atoms with Gasteiger partial charge < -0.3 is 63.9 Å². The number of primary sulfonamides is 1. The molecule has 4 saturated heterocycles. The van der Waals surface area contributed by atoms with E-state index >= 15 is 0 Å². The van der Waals surface area contributed by atoms with Gasteiger partial charge in [0.05, 0.1) is 86.2 Å². The number of amides is 5. The number of nitrogens with one attached hydrogen (secondary N) is 2. The first-order chi connectivity index (χ1) is 66.2. The van der Waals surface area contributed by atoms with Crippen molar-refractivity contribution in [3.63, 3.8) is 0 Å². The number of alkyl halides is 1. The number of aromatic carboxylic acids is 1. The third kappa shape index (κ3) is 43.1. The average molecular weight is 2130 g/mol. The molecule has 4 saturated carbocycles. The van der Waals surface area contributed by atoms with E-state index in [4.69, 9.17) is 28.4 Å². The van der Waals surface area contributed by atoms with E-state index in [1.807, 2.05) is 107 Å². The van der Waals surface area contributed by atoms with E-state index in [0.717, 1.165) is 190 Å². The number of nitrogens with zero attached hydrogens (tertiary/aromatic N) is 7. The Balaban J connectivity index is 0.000000321. The third-order valence-corrected chi connectivity index (χ3v) is 26.8. The first-order valence-electron chi connectivity index (χ1n) is 50.9. The number of hydrogen-bond acceptors (Lipinski definition) is 23. The molecular formula is C106H166BrF4LiN10O20S2. The molecule has 4 aliphatic heterocycles. The standard InChI is InChI=1S/C28H43FN2O4.C25H38FN3O5S.C24H35FN2O4.C20H28FNO3.C8H16BrNO.CH5NO2S.Li.H2O/c1-18(2)31(19(3)4)26(32)16-30-12-10-20(11-13-30)17-34-25-15-24(29)23(14-22(25)21-8-9-21)27(33)35-28(5,6)7;1-16(2)29(17(3)4)24(30)14-28-10-8-18(9-11-28)15-34-23-13-22(26)21(12-20(23)19-6-7-19)25(31)27-35(5,32)33;1-15(2)27(16(3)4)23(28)13-26-9-7-17(8-10-26)14-31-22-12-21(25)20(24(29)30)11-19(22)18-5-6-18;1-20(2,3)25-19(23)16-10-15(14-4-5-14)18(11-17(16)21)24-12-13-6-8-22-9-7-13;1-6(2)10(7(3)4)8(11)5-9;1-5(2,3)4;;/h14-15,18-21H,8-13,16-17H2,1-7H3;12-13,16-19H,6-11,14-15H2,1-5H3,(H,27,31);11-12,15-18H,5-10,13-14H2,1-4H3,(H,29,30);10-11,13-14,22H,4-9,12H2,1-3H3;6-7H,5H2,1-4H3;1H3,(H2,2,3,4);;1H2/q;;;;;;+1;/p-1. The van der Waals surface area contributed by atoms with Crippen LogP contribution in [0.5, 0.6) is 23.0 Å². The summed E-state index contributed by atoms with van der Waals surface area (Å²) in [5, 5.41) is 17.3. The number of carboxylic acid groups (broad SMARTS) is 1. The normalized spacial score (nSPS) is 16.9. The predicted octanol–water partition coefficient (Wildman–Crippen LogP) is 14.5. The Morgan fingerprint density at radius 2 is 0.625 bits per heavy atom. The van der Waals surface area contributed by atoms with Crippen LogP contribution in [0.25, 0.3) is 0 Å². The van der Waals surface area contributed by atoms with Gasteiger partial charge in [0.2, 0.25) is 43.7 Å². The van der Waals surface area contributed by atoms with Crippen molar-refractivity contribution in [2.75, 3.05) is 116 Å². The summed E-state index contributed by atoms with van der Waals surface area (Å²) >= 11 is 3.16. The summed E-state index contributed by atoms with van der Waals surface area (Å²) in [6.07, 6.45) is 17.4. The van der Waals surface area contributed by atoms with Crippen molar-refractivity contribution < 1.29 is 131 Å². The van der Waals surface area contributed by atoms with Gasteiger partial charge in [0.25, 0.3) is 5.91 Å². The van der Waals surface area contributed by atoms with Crippen LogP contribution in [0.15, 0.2) is 48.5 Å². The van der Waals surface area contributed by atoms with Gasteiger partial charge in [0.1, 0.15) is 57.5 Å². The van der Waals surface area contributed by atoms with Crippen molar-refractivity contribution in [1.82, 2.24) is 44.3 Å². The van der Waals surface area contributed by atoms with Crippen LogP contribution < -0.4 is 53.0 Å². The van der Waals surface area contributed by atoms with Crippen LogP contribution in [0.1, 0.15) is 342 Å². The van der Waals surface area contributed by atoms with Gasteiger partial charge in [-0.15, -0.1) is 0 Å². The average Bonchev–Trinajstić information content (AvgIpc) is 1.61. The molecule has 30 nitrogen and oxygen atoms in total. The van der Waals surface area contributed by atoms with E-state index in [2.05, 4.69) is 68.8 Å². The summed E-state index contributed by atoms with van der Waals surface area (Å²) in [7, 11) is -6.96. The fraction of sp³-hybridized carbons (Fsp3) is 0.698. The van der Waals surface area contributed by atoms with Gasteiger partial charge in [0, 0.05) is 72.6 Å². The molecule has 4 aromatic carbocycles. The number of rotatable bonds is 36. The minimum Gasteiger partial charge on any atom is -0.870 e. The van der Waals surface area contributed by atoms with Gasteiger partial charge in [-0.1, -0.05) is 15.9 Å². The van der Waals surface area contributed by atoms with Crippen LogP contribution in [0.2, 0.25) is 0 Å². The molecule has 0 atom stereocenters. The number of sulfonamides is 2. The minimum atomic E-state index is -3.79. The molecule has 38 heteroatoms. The molecule has 0 aromatic heterocycles. The molecule has 8 fully saturated rings. The van der Waals surface area contributed by atoms with E-state index in [0.29, 0.717) is 116 Å². The largest absolute Gasteiger partial charge is 1.00 e. The zero-order chi connectivity index (χ0) is 106. The van der Waals surface area contributed by atoms with Gasteiger partial charge in [-0.25, -0.2) is 58.6 Å². The fourth-order valence-corrected chi connectivity index (χ4v) is 19.3. The Morgan fingerprint density at radius 1 is 0.403 bits per heavy atom. The second kappa shape index (κ2) is 57.9. The van der Waals surface area contributed by atoms with Crippen molar-refractivity contribution in [3.8, 4) is 23.0 Å². The Morgan fingerprint density at radius 3 is 0.840 bits per heavy atom. The second-order valence-corrected chi connectivity index (χ2v) is 47.6. The zero-order valence-corrected chi connectivity index (χ0v) is 93.4. The number of likely N-dealkylation sites (tertiary alicyclic amines) is 3. The monoisotopic (exact) mass is 2130 g/mol. The van der Waals surface area contributed by atoms with Crippen molar-refractivity contribution in [1.29, 1.82) is 0 Å². The number of nitrogens with two attached hydrogens (primary N) is 1. The minimum absolute atomic E-state index is 0. The quantitative estimate of drug-likeness (QED) is 0.0142. The molecule has 12 rings (SSSR count). The van der Waals surface area contributed by atoms with Crippen LogP contribution in [0, 0.1) is 46.9 Å². The number of esters is 2. The van der Waals surface area contributed by atoms with Crippen LogP contribution in [-0.2, 0) is 48.7 Å². The molecule has 808 valence electrons. The number of piperidine rings is 4. The number of benzene rings is 4. The van der Waals surface area contributed by atoms with Crippen molar-refractivity contribution in [2.24, 2.45) is 28.8 Å². The maximum atomic E-state index is 14.8. The molecule has 0 bridgehead atoms. The van der Waals surface area contributed by atoms with Gasteiger partial charge >= 0.3 is 36.8 Å². The molecule has 5 amide bonds. The molecular weight excluding hydrogens is 1960 g/mol. The number of carbonyl (C=O) groups is 8. The number of halogens is 5. The van der Waals surface area contributed by atoms with Gasteiger partial charge in [-0.3, -0.25) is 38.7 Å². The Bertz CT molecular complexity index is 5040. The van der Waals surface area contributed by atoms with Gasteiger partial charge in [-0.05, 0) is 401 Å². The van der Waals surface area contributed by atoms with E-state index in [-0.39, 0.29) is 124 Å². The van der Waals surface area contributed by atoms with Crippen molar-refractivity contribution in [2.45, 2.75) is 338 Å². The molecule has 4 aromatic rings. The summed E-state index contributed by atoms with van der Waals surface area (Å²) in [5.74, 6) is -0.908. The number of hydrogen-bond donors (Lipinski definition) is 4.